The maximum absolute atomic E-state index is 5.43. The van der Waals surface area contributed by atoms with Crippen LogP contribution in [0.1, 0.15) is 25.8 Å². The molecule has 2 N–H and O–H groups in total. The highest BCUT2D eigenvalue weighted by Gasteiger charge is 2.33. The Balaban J connectivity index is 0.00000208. The molecule has 24 heavy (non-hydrogen) atoms. The Morgan fingerprint density at radius 2 is 2.17 bits per heavy atom. The first kappa shape index (κ1) is 19.2. The minimum absolute atomic E-state index is 0. The van der Waals surface area contributed by atoms with Crippen LogP contribution in [-0.2, 0) is 11.3 Å². The van der Waals surface area contributed by atoms with E-state index in [1.54, 1.807) is 0 Å². The first-order valence-electron chi connectivity index (χ1n) is 8.59. The first-order chi connectivity index (χ1) is 11.3. The lowest BCUT2D eigenvalue weighted by atomic mass is 10.2. The summed E-state index contributed by atoms with van der Waals surface area (Å²) in [6, 6.07) is 4.67. The molecule has 7 heteroatoms. The van der Waals surface area contributed by atoms with Gasteiger partial charge in [0.05, 0.1) is 19.8 Å². The average molecular weight is 445 g/mol. The summed E-state index contributed by atoms with van der Waals surface area (Å²) in [6.07, 6.45) is 3.09. The maximum atomic E-state index is 5.43. The van der Waals surface area contributed by atoms with Crippen LogP contribution in [0.4, 0.5) is 5.82 Å². The highest BCUT2D eigenvalue weighted by molar-refractivity contribution is 14.0. The molecule has 1 aromatic rings. The largest absolute Gasteiger partial charge is 0.378 e. The third-order valence-corrected chi connectivity index (χ3v) is 4.36. The molecule has 2 fully saturated rings. The predicted molar refractivity (Wildman–Crippen MR) is 108 cm³/mol. The fourth-order valence-electron chi connectivity index (χ4n) is 2.80. The van der Waals surface area contributed by atoms with E-state index >= 15 is 0 Å². The van der Waals surface area contributed by atoms with Gasteiger partial charge in [-0.15, -0.1) is 24.0 Å². The van der Waals surface area contributed by atoms with E-state index in [4.69, 9.17) is 9.73 Å². The van der Waals surface area contributed by atoms with Crippen molar-refractivity contribution in [2.24, 2.45) is 10.9 Å². The van der Waals surface area contributed by atoms with Gasteiger partial charge in [0.2, 0.25) is 0 Å². The van der Waals surface area contributed by atoms with Crippen LogP contribution in [0, 0.1) is 5.92 Å². The molecule has 134 valence electrons. The van der Waals surface area contributed by atoms with E-state index in [-0.39, 0.29) is 24.0 Å². The maximum Gasteiger partial charge on any atom is 0.191 e. The third kappa shape index (κ3) is 5.20. The van der Waals surface area contributed by atoms with Crippen molar-refractivity contribution in [3.8, 4) is 0 Å². The quantitative estimate of drug-likeness (QED) is 0.413. The van der Waals surface area contributed by atoms with E-state index < -0.39 is 0 Å². The summed E-state index contributed by atoms with van der Waals surface area (Å²) in [7, 11) is 0. The summed E-state index contributed by atoms with van der Waals surface area (Å²) in [6.45, 7) is 9.19. The van der Waals surface area contributed by atoms with Gasteiger partial charge in [0.25, 0.3) is 0 Å². The fourth-order valence-corrected chi connectivity index (χ4v) is 2.80. The Labute approximate surface area is 161 Å². The normalized spacial score (nSPS) is 23.4. The zero-order chi connectivity index (χ0) is 16.1. The van der Waals surface area contributed by atoms with Crippen LogP contribution in [0.2, 0.25) is 0 Å². The summed E-state index contributed by atoms with van der Waals surface area (Å²) in [5.41, 5.74) is 1.16. The van der Waals surface area contributed by atoms with Crippen molar-refractivity contribution in [1.82, 2.24) is 15.6 Å². The number of ether oxygens (including phenoxy) is 1. The molecule has 1 saturated heterocycles. The number of aromatic nitrogens is 1. The number of rotatable bonds is 5. The molecule has 1 aliphatic heterocycles. The van der Waals surface area contributed by atoms with Gasteiger partial charge in [-0.3, -0.25) is 0 Å². The topological polar surface area (TPSA) is 61.8 Å². The summed E-state index contributed by atoms with van der Waals surface area (Å²) < 4.78 is 5.43. The SMILES string of the molecule is CCNC(=NCc1cccnc1N1CCOCC1)NC1CC1C.I. The summed E-state index contributed by atoms with van der Waals surface area (Å²) in [4.78, 5) is 11.6. The second-order valence-electron chi connectivity index (χ2n) is 6.24. The van der Waals surface area contributed by atoms with Crippen molar-refractivity contribution in [3.05, 3.63) is 23.9 Å². The van der Waals surface area contributed by atoms with Gasteiger partial charge in [0.15, 0.2) is 5.96 Å². The van der Waals surface area contributed by atoms with Crippen molar-refractivity contribution < 1.29 is 4.74 Å². The minimum Gasteiger partial charge on any atom is -0.378 e. The van der Waals surface area contributed by atoms with Gasteiger partial charge in [-0.05, 0) is 25.3 Å². The standard InChI is InChI=1S/C17H27N5O.HI/c1-3-18-17(21-15-11-13(15)2)20-12-14-5-4-6-19-16(14)22-7-9-23-10-8-22;/h4-6,13,15H,3,7-12H2,1-2H3,(H2,18,20,21);1H. The van der Waals surface area contributed by atoms with Crippen molar-refractivity contribution in [2.75, 3.05) is 37.7 Å². The Morgan fingerprint density at radius 1 is 1.42 bits per heavy atom. The van der Waals surface area contributed by atoms with Crippen molar-refractivity contribution >= 4 is 35.8 Å². The van der Waals surface area contributed by atoms with Gasteiger partial charge in [-0.2, -0.15) is 0 Å². The number of nitrogens with zero attached hydrogens (tertiary/aromatic N) is 3. The second kappa shape index (κ2) is 9.41. The molecular formula is C17H28IN5O. The van der Waals surface area contributed by atoms with E-state index in [1.807, 2.05) is 12.3 Å². The number of anilines is 1. The number of pyridine rings is 1. The molecule has 2 atom stereocenters. The molecule has 1 aromatic heterocycles. The number of hydrogen-bond acceptors (Lipinski definition) is 4. The van der Waals surface area contributed by atoms with E-state index in [9.17, 15) is 0 Å². The Hall–Kier alpha value is -1.09. The van der Waals surface area contributed by atoms with E-state index in [0.717, 1.165) is 56.1 Å². The number of halogens is 1. The van der Waals surface area contributed by atoms with E-state index in [1.165, 1.54) is 6.42 Å². The summed E-state index contributed by atoms with van der Waals surface area (Å²) in [5, 5.41) is 6.82. The third-order valence-electron chi connectivity index (χ3n) is 4.36. The van der Waals surface area contributed by atoms with Crippen LogP contribution in [0.3, 0.4) is 0 Å². The first-order valence-corrected chi connectivity index (χ1v) is 8.59. The van der Waals surface area contributed by atoms with Gasteiger partial charge in [0.1, 0.15) is 5.82 Å². The smallest absolute Gasteiger partial charge is 0.191 e. The molecule has 0 amide bonds. The second-order valence-corrected chi connectivity index (χ2v) is 6.24. The average Bonchev–Trinajstić information content (AvgIpc) is 3.29. The van der Waals surface area contributed by atoms with E-state index in [2.05, 4.69) is 40.4 Å². The predicted octanol–water partition coefficient (Wildman–Crippen LogP) is 2.00. The van der Waals surface area contributed by atoms with Crippen LogP contribution >= 0.6 is 24.0 Å². The molecule has 3 rings (SSSR count). The highest BCUT2D eigenvalue weighted by Crippen LogP contribution is 2.28. The van der Waals surface area contributed by atoms with Crippen molar-refractivity contribution in [3.63, 3.8) is 0 Å². The Kier molecular flexibility index (Phi) is 7.54. The zero-order valence-corrected chi connectivity index (χ0v) is 16.8. The van der Waals surface area contributed by atoms with Crippen LogP contribution in [-0.4, -0.2) is 49.8 Å². The molecule has 0 spiro atoms. The fraction of sp³-hybridized carbons (Fsp3) is 0.647. The molecular weight excluding hydrogens is 417 g/mol. The highest BCUT2D eigenvalue weighted by atomic mass is 127. The lowest BCUT2D eigenvalue weighted by molar-refractivity contribution is 0.122. The lowest BCUT2D eigenvalue weighted by Crippen LogP contribution is -2.39. The minimum atomic E-state index is 0. The van der Waals surface area contributed by atoms with E-state index in [0.29, 0.717) is 12.6 Å². The van der Waals surface area contributed by atoms with Gasteiger partial charge < -0.3 is 20.3 Å². The number of aliphatic imine (C=N–C) groups is 1. The summed E-state index contributed by atoms with van der Waals surface area (Å²) in [5.74, 6) is 2.69. The number of morpholine rings is 1. The van der Waals surface area contributed by atoms with Gasteiger partial charge in [-0.1, -0.05) is 13.0 Å². The Morgan fingerprint density at radius 3 is 2.83 bits per heavy atom. The number of guanidine groups is 1. The molecule has 6 nitrogen and oxygen atoms in total. The van der Waals surface area contributed by atoms with Crippen molar-refractivity contribution in [1.29, 1.82) is 0 Å². The van der Waals surface area contributed by atoms with Crippen LogP contribution < -0.4 is 15.5 Å². The monoisotopic (exact) mass is 445 g/mol. The van der Waals surface area contributed by atoms with Gasteiger partial charge in [-0.25, -0.2) is 9.98 Å². The van der Waals surface area contributed by atoms with Crippen molar-refractivity contribution in [2.45, 2.75) is 32.9 Å². The van der Waals surface area contributed by atoms with Crippen LogP contribution in [0.5, 0.6) is 0 Å². The number of nitrogens with one attached hydrogen (secondary N) is 2. The summed E-state index contributed by atoms with van der Waals surface area (Å²) >= 11 is 0. The zero-order valence-electron chi connectivity index (χ0n) is 14.5. The molecule has 2 unspecified atom stereocenters. The Bertz CT molecular complexity index is 548. The molecule has 1 aliphatic carbocycles. The molecule has 0 aromatic carbocycles. The molecule has 2 heterocycles. The van der Waals surface area contributed by atoms with Gasteiger partial charge >= 0.3 is 0 Å². The van der Waals surface area contributed by atoms with Crippen LogP contribution in [0.25, 0.3) is 0 Å². The molecule has 2 aliphatic rings. The molecule has 1 saturated carbocycles. The lowest BCUT2D eigenvalue weighted by Gasteiger charge is -2.29. The van der Waals surface area contributed by atoms with Gasteiger partial charge in [0, 0.05) is 37.4 Å². The molecule has 0 radical (unpaired) electrons. The van der Waals surface area contributed by atoms with Crippen LogP contribution in [0.15, 0.2) is 23.3 Å². The molecule has 0 bridgehead atoms. The number of hydrogen-bond donors (Lipinski definition) is 2.